The van der Waals surface area contributed by atoms with Gasteiger partial charge >= 0.3 is 6.18 Å². The molecule has 0 aliphatic carbocycles. The van der Waals surface area contributed by atoms with E-state index in [1.807, 2.05) is 11.8 Å². The number of anilines is 1. The molecule has 11 heteroatoms. The summed E-state index contributed by atoms with van der Waals surface area (Å²) in [7, 11) is 1.60. The minimum atomic E-state index is -4.48. The van der Waals surface area contributed by atoms with Crippen molar-refractivity contribution in [3.63, 3.8) is 0 Å². The van der Waals surface area contributed by atoms with Gasteiger partial charge in [0.15, 0.2) is 5.96 Å². The van der Waals surface area contributed by atoms with Gasteiger partial charge in [0.2, 0.25) is 5.91 Å². The normalized spacial score (nSPS) is 17.6. The lowest BCUT2D eigenvalue weighted by Crippen LogP contribution is -2.47. The van der Waals surface area contributed by atoms with E-state index in [2.05, 4.69) is 25.9 Å². The second-order valence-corrected chi connectivity index (χ2v) is 6.79. The van der Waals surface area contributed by atoms with Gasteiger partial charge in [-0.2, -0.15) is 13.2 Å². The number of amides is 1. The third-order valence-corrected chi connectivity index (χ3v) is 4.47. The van der Waals surface area contributed by atoms with Crippen LogP contribution in [0.2, 0.25) is 5.02 Å². The second-order valence-electron chi connectivity index (χ2n) is 6.38. The standard InChI is InChI=1S/C17H24ClF3N6O/c1-3-5-23-14(28)9-25-16(22-2)26-12-4-6-27(10-12)15-13(18)7-11(8-24-15)17(19,20)21/h7-8,12H,3-6,9-10H2,1-2H3,(H,23,28)(H2,22,25,26). The molecule has 0 radical (unpaired) electrons. The Morgan fingerprint density at radius 1 is 1.43 bits per heavy atom. The number of hydrogen-bond acceptors (Lipinski definition) is 4. The van der Waals surface area contributed by atoms with E-state index >= 15 is 0 Å². The van der Waals surface area contributed by atoms with Gasteiger partial charge < -0.3 is 20.9 Å². The molecule has 0 saturated carbocycles. The fourth-order valence-electron chi connectivity index (χ4n) is 2.77. The largest absolute Gasteiger partial charge is 0.417 e. The van der Waals surface area contributed by atoms with Crippen LogP contribution in [0.15, 0.2) is 17.3 Å². The molecule has 0 spiro atoms. The summed E-state index contributed by atoms with van der Waals surface area (Å²) >= 11 is 6.02. The second kappa shape index (κ2) is 9.81. The zero-order valence-corrected chi connectivity index (χ0v) is 16.5. The summed E-state index contributed by atoms with van der Waals surface area (Å²) in [6.45, 7) is 3.77. The van der Waals surface area contributed by atoms with Gasteiger partial charge in [-0.05, 0) is 18.9 Å². The van der Waals surface area contributed by atoms with E-state index in [0.717, 1.165) is 25.1 Å². The van der Waals surface area contributed by atoms with E-state index in [1.165, 1.54) is 0 Å². The number of aromatic nitrogens is 1. The molecule has 1 fully saturated rings. The topological polar surface area (TPSA) is 81.6 Å². The number of carbonyl (C=O) groups is 1. The highest BCUT2D eigenvalue weighted by molar-refractivity contribution is 6.33. The molecule has 1 aliphatic heterocycles. The summed E-state index contributed by atoms with van der Waals surface area (Å²) in [5.41, 5.74) is -0.874. The Balaban J connectivity index is 1.90. The van der Waals surface area contributed by atoms with E-state index in [9.17, 15) is 18.0 Å². The third-order valence-electron chi connectivity index (χ3n) is 4.19. The average Bonchev–Trinajstić information content (AvgIpc) is 3.10. The van der Waals surface area contributed by atoms with Crippen LogP contribution in [0.1, 0.15) is 25.3 Å². The quantitative estimate of drug-likeness (QED) is 0.484. The molecule has 1 aromatic heterocycles. The molecule has 7 nitrogen and oxygen atoms in total. The van der Waals surface area contributed by atoms with Gasteiger partial charge in [0.25, 0.3) is 0 Å². The molecule has 1 aromatic rings. The summed E-state index contributed by atoms with van der Waals surface area (Å²) in [6.07, 6.45) is -2.11. The first-order valence-corrected chi connectivity index (χ1v) is 9.34. The van der Waals surface area contributed by atoms with Crippen LogP contribution in [0.25, 0.3) is 0 Å². The Bertz CT molecular complexity index is 713. The highest BCUT2D eigenvalue weighted by Gasteiger charge is 2.33. The summed E-state index contributed by atoms with van der Waals surface area (Å²) in [4.78, 5) is 21.5. The molecule has 1 aliphatic rings. The number of carbonyl (C=O) groups excluding carboxylic acids is 1. The van der Waals surface area contributed by atoms with Crippen molar-refractivity contribution in [2.75, 3.05) is 38.1 Å². The zero-order chi connectivity index (χ0) is 20.7. The highest BCUT2D eigenvalue weighted by Crippen LogP contribution is 2.34. The fraction of sp³-hybridized carbons (Fsp3) is 0.588. The number of guanidine groups is 1. The van der Waals surface area contributed by atoms with Gasteiger partial charge in [-0.3, -0.25) is 9.79 Å². The Morgan fingerprint density at radius 3 is 2.79 bits per heavy atom. The van der Waals surface area contributed by atoms with E-state index in [-0.39, 0.29) is 23.5 Å². The number of aliphatic imine (C=N–C) groups is 1. The minimum absolute atomic E-state index is 0.00920. The lowest BCUT2D eigenvalue weighted by molar-refractivity contribution is -0.137. The van der Waals surface area contributed by atoms with Crippen molar-refractivity contribution < 1.29 is 18.0 Å². The average molecular weight is 421 g/mol. The van der Waals surface area contributed by atoms with E-state index < -0.39 is 11.7 Å². The first-order valence-electron chi connectivity index (χ1n) is 8.96. The minimum Gasteiger partial charge on any atom is -0.355 e. The van der Waals surface area contributed by atoms with Crippen molar-refractivity contribution >= 4 is 29.3 Å². The molecule has 1 atom stereocenters. The molecule has 2 rings (SSSR count). The van der Waals surface area contributed by atoms with Gasteiger partial charge in [0.05, 0.1) is 17.1 Å². The lowest BCUT2D eigenvalue weighted by atomic mass is 10.2. The summed E-state index contributed by atoms with van der Waals surface area (Å²) < 4.78 is 38.2. The van der Waals surface area contributed by atoms with Crippen molar-refractivity contribution in [3.8, 4) is 0 Å². The summed E-state index contributed by atoms with van der Waals surface area (Å²) in [6, 6.07) is 0.880. The monoisotopic (exact) mass is 420 g/mol. The number of nitrogens with zero attached hydrogens (tertiary/aromatic N) is 3. The highest BCUT2D eigenvalue weighted by atomic mass is 35.5. The van der Waals surface area contributed by atoms with Crippen LogP contribution < -0.4 is 20.9 Å². The molecular weight excluding hydrogens is 397 g/mol. The van der Waals surface area contributed by atoms with Crippen LogP contribution in [0, 0.1) is 0 Å². The maximum absolute atomic E-state index is 12.7. The van der Waals surface area contributed by atoms with Crippen molar-refractivity contribution in [2.24, 2.45) is 4.99 Å². The van der Waals surface area contributed by atoms with Crippen molar-refractivity contribution in [2.45, 2.75) is 32.0 Å². The van der Waals surface area contributed by atoms with Crippen LogP contribution in [-0.4, -0.2) is 56.1 Å². The van der Waals surface area contributed by atoms with E-state index in [4.69, 9.17) is 11.6 Å². The molecule has 3 N–H and O–H groups in total. The fourth-order valence-corrected chi connectivity index (χ4v) is 3.05. The van der Waals surface area contributed by atoms with E-state index in [0.29, 0.717) is 31.4 Å². The van der Waals surface area contributed by atoms with Gasteiger partial charge in [-0.25, -0.2) is 4.98 Å². The third kappa shape index (κ3) is 6.15. The summed E-state index contributed by atoms with van der Waals surface area (Å²) in [5.74, 6) is 0.671. The predicted octanol–water partition coefficient (Wildman–Crippen LogP) is 2.02. The smallest absolute Gasteiger partial charge is 0.355 e. The van der Waals surface area contributed by atoms with Crippen LogP contribution >= 0.6 is 11.6 Å². The Hall–Kier alpha value is -2.23. The van der Waals surface area contributed by atoms with Crippen LogP contribution in [-0.2, 0) is 11.0 Å². The molecule has 1 unspecified atom stereocenters. The van der Waals surface area contributed by atoms with Crippen molar-refractivity contribution in [1.29, 1.82) is 0 Å². The number of alkyl halides is 3. The van der Waals surface area contributed by atoms with Crippen LogP contribution in [0.4, 0.5) is 19.0 Å². The molecule has 2 heterocycles. The first-order chi connectivity index (χ1) is 13.2. The number of pyridine rings is 1. The molecule has 156 valence electrons. The molecule has 1 saturated heterocycles. The molecular formula is C17H24ClF3N6O. The number of rotatable bonds is 6. The van der Waals surface area contributed by atoms with Crippen molar-refractivity contribution in [3.05, 3.63) is 22.8 Å². The predicted molar refractivity (Wildman–Crippen MR) is 103 cm³/mol. The molecule has 0 aromatic carbocycles. The molecule has 28 heavy (non-hydrogen) atoms. The Morgan fingerprint density at radius 2 is 2.18 bits per heavy atom. The number of nitrogens with one attached hydrogen (secondary N) is 3. The Labute approximate surface area is 166 Å². The molecule has 0 bridgehead atoms. The van der Waals surface area contributed by atoms with Gasteiger partial charge in [-0.15, -0.1) is 0 Å². The maximum Gasteiger partial charge on any atom is 0.417 e. The van der Waals surface area contributed by atoms with Gasteiger partial charge in [0.1, 0.15) is 5.82 Å². The maximum atomic E-state index is 12.7. The van der Waals surface area contributed by atoms with Crippen LogP contribution in [0.5, 0.6) is 0 Å². The Kier molecular flexibility index (Phi) is 7.73. The lowest BCUT2D eigenvalue weighted by Gasteiger charge is -2.21. The van der Waals surface area contributed by atoms with Crippen LogP contribution in [0.3, 0.4) is 0 Å². The number of hydrogen-bond donors (Lipinski definition) is 3. The molecule has 1 amide bonds. The summed E-state index contributed by atoms with van der Waals surface area (Å²) in [5, 5.41) is 8.86. The van der Waals surface area contributed by atoms with E-state index in [1.54, 1.807) is 7.05 Å². The zero-order valence-electron chi connectivity index (χ0n) is 15.7. The van der Waals surface area contributed by atoms with Crippen molar-refractivity contribution in [1.82, 2.24) is 20.9 Å². The SMILES string of the molecule is CCCNC(=O)CNC(=NC)NC1CCN(c2ncc(C(F)(F)F)cc2Cl)C1. The van der Waals surface area contributed by atoms with Gasteiger partial charge in [-0.1, -0.05) is 18.5 Å². The first kappa shape index (κ1) is 22.1. The van der Waals surface area contributed by atoms with Gasteiger partial charge in [0, 0.05) is 38.9 Å². The number of halogens is 4.